The molecule has 0 bridgehead atoms. The fourth-order valence-corrected chi connectivity index (χ4v) is 2.55. The average Bonchev–Trinajstić information content (AvgIpc) is 2.91. The molecule has 0 saturated carbocycles. The van der Waals surface area contributed by atoms with Crippen LogP contribution in [-0.2, 0) is 13.6 Å². The normalized spacial score (nSPS) is 10.9. The third-order valence-electron chi connectivity index (χ3n) is 2.50. The van der Waals surface area contributed by atoms with Crippen molar-refractivity contribution >= 4 is 26.7 Å². The molecule has 3 rings (SSSR count). The van der Waals surface area contributed by atoms with Gasteiger partial charge in [-0.1, -0.05) is 23.5 Å². The molecule has 0 saturated heterocycles. The monoisotopic (exact) mass is 244 g/mol. The first-order chi connectivity index (χ1) is 8.31. The van der Waals surface area contributed by atoms with E-state index in [0.717, 1.165) is 22.8 Å². The molecule has 0 amide bonds. The van der Waals surface area contributed by atoms with Crippen LogP contribution in [-0.4, -0.2) is 14.8 Å². The van der Waals surface area contributed by atoms with Crippen molar-refractivity contribution in [2.24, 2.45) is 7.05 Å². The molecule has 3 aromatic rings. The zero-order chi connectivity index (χ0) is 11.7. The van der Waals surface area contributed by atoms with E-state index < -0.39 is 0 Å². The largest absolute Gasteiger partial charge is 0.357 e. The van der Waals surface area contributed by atoms with Crippen LogP contribution in [0.4, 0.5) is 5.13 Å². The fraction of sp³-hybridized carbons (Fsp3) is 0.167. The molecule has 2 aromatic heterocycles. The van der Waals surface area contributed by atoms with Crippen molar-refractivity contribution in [3.63, 3.8) is 0 Å². The number of aromatic nitrogens is 3. The summed E-state index contributed by atoms with van der Waals surface area (Å²) in [5.74, 6) is 0. The lowest BCUT2D eigenvalue weighted by Gasteiger charge is -1.97. The SMILES string of the molecule is Cn1cc(CNc2nc3ccccc3s2)cn1. The third-order valence-corrected chi connectivity index (χ3v) is 3.49. The number of para-hydroxylation sites is 1. The minimum atomic E-state index is 0.758. The minimum Gasteiger partial charge on any atom is -0.357 e. The standard InChI is InChI=1S/C12H12N4S/c1-16-8-9(7-14-16)6-13-12-15-10-4-2-3-5-11(10)17-12/h2-5,7-8H,6H2,1H3,(H,13,15). The molecule has 0 aliphatic heterocycles. The molecule has 0 aliphatic rings. The summed E-state index contributed by atoms with van der Waals surface area (Å²) < 4.78 is 3.01. The Balaban J connectivity index is 1.76. The van der Waals surface area contributed by atoms with E-state index in [1.54, 1.807) is 16.0 Å². The average molecular weight is 244 g/mol. The Bertz CT molecular complexity index is 608. The van der Waals surface area contributed by atoms with E-state index in [4.69, 9.17) is 0 Å². The molecule has 0 unspecified atom stereocenters. The number of thiazole rings is 1. The summed E-state index contributed by atoms with van der Waals surface area (Å²) in [5.41, 5.74) is 2.21. The molecule has 0 atom stereocenters. The van der Waals surface area contributed by atoms with E-state index in [-0.39, 0.29) is 0 Å². The Kier molecular flexibility index (Phi) is 2.53. The van der Waals surface area contributed by atoms with Crippen molar-refractivity contribution in [3.8, 4) is 0 Å². The molecule has 86 valence electrons. The van der Waals surface area contributed by atoms with Gasteiger partial charge in [-0.15, -0.1) is 0 Å². The van der Waals surface area contributed by atoms with Crippen LogP contribution in [0.25, 0.3) is 10.2 Å². The number of aryl methyl sites for hydroxylation is 1. The first-order valence-corrected chi connectivity index (χ1v) is 6.20. The van der Waals surface area contributed by atoms with Crippen LogP contribution >= 0.6 is 11.3 Å². The lowest BCUT2D eigenvalue weighted by Crippen LogP contribution is -1.97. The third kappa shape index (κ3) is 2.14. The second kappa shape index (κ2) is 4.18. The van der Waals surface area contributed by atoms with Crippen LogP contribution in [0.3, 0.4) is 0 Å². The van der Waals surface area contributed by atoms with Crippen molar-refractivity contribution in [1.29, 1.82) is 0 Å². The van der Waals surface area contributed by atoms with Gasteiger partial charge in [0.05, 0.1) is 16.4 Å². The van der Waals surface area contributed by atoms with Gasteiger partial charge in [0.2, 0.25) is 0 Å². The Morgan fingerprint density at radius 1 is 1.35 bits per heavy atom. The highest BCUT2D eigenvalue weighted by Crippen LogP contribution is 2.25. The highest BCUT2D eigenvalue weighted by atomic mass is 32.1. The molecule has 17 heavy (non-hydrogen) atoms. The number of fused-ring (bicyclic) bond motifs is 1. The number of rotatable bonds is 3. The Labute approximate surface area is 103 Å². The second-order valence-electron chi connectivity index (χ2n) is 3.86. The quantitative estimate of drug-likeness (QED) is 0.770. The molecule has 2 heterocycles. The summed E-state index contributed by atoms with van der Waals surface area (Å²) in [4.78, 5) is 4.51. The van der Waals surface area contributed by atoms with Gasteiger partial charge in [-0.25, -0.2) is 4.98 Å². The first kappa shape index (κ1) is 10.3. The highest BCUT2D eigenvalue weighted by molar-refractivity contribution is 7.22. The van der Waals surface area contributed by atoms with Crippen molar-refractivity contribution in [3.05, 3.63) is 42.2 Å². The highest BCUT2D eigenvalue weighted by Gasteiger charge is 2.02. The van der Waals surface area contributed by atoms with Crippen molar-refractivity contribution in [2.45, 2.75) is 6.54 Å². The zero-order valence-electron chi connectivity index (χ0n) is 9.42. The Hall–Kier alpha value is -1.88. The van der Waals surface area contributed by atoms with Gasteiger partial charge in [-0.2, -0.15) is 5.10 Å². The Morgan fingerprint density at radius 2 is 2.24 bits per heavy atom. The molecule has 0 aliphatic carbocycles. The Morgan fingerprint density at radius 3 is 3.00 bits per heavy atom. The first-order valence-electron chi connectivity index (χ1n) is 5.38. The summed E-state index contributed by atoms with van der Waals surface area (Å²) in [7, 11) is 1.92. The van der Waals surface area contributed by atoms with Gasteiger partial charge in [-0.3, -0.25) is 4.68 Å². The zero-order valence-corrected chi connectivity index (χ0v) is 10.2. The van der Waals surface area contributed by atoms with Gasteiger partial charge in [0.1, 0.15) is 0 Å². The predicted octanol–water partition coefficient (Wildman–Crippen LogP) is 2.64. The van der Waals surface area contributed by atoms with Gasteiger partial charge in [0.25, 0.3) is 0 Å². The smallest absolute Gasteiger partial charge is 0.184 e. The van der Waals surface area contributed by atoms with Gasteiger partial charge >= 0.3 is 0 Å². The van der Waals surface area contributed by atoms with Crippen LogP contribution in [0.15, 0.2) is 36.7 Å². The summed E-state index contributed by atoms with van der Waals surface area (Å²) in [5, 5.41) is 8.40. The molecule has 1 N–H and O–H groups in total. The van der Waals surface area contributed by atoms with Gasteiger partial charge in [0.15, 0.2) is 5.13 Å². The van der Waals surface area contributed by atoms with E-state index in [1.807, 2.05) is 37.6 Å². The molecular formula is C12H12N4S. The molecule has 4 nitrogen and oxygen atoms in total. The van der Waals surface area contributed by atoms with Gasteiger partial charge in [0, 0.05) is 25.4 Å². The topological polar surface area (TPSA) is 42.7 Å². The predicted molar refractivity (Wildman–Crippen MR) is 70.2 cm³/mol. The maximum absolute atomic E-state index is 4.51. The number of hydrogen-bond donors (Lipinski definition) is 1. The van der Waals surface area contributed by atoms with Gasteiger partial charge < -0.3 is 5.32 Å². The maximum Gasteiger partial charge on any atom is 0.184 e. The van der Waals surface area contributed by atoms with E-state index in [2.05, 4.69) is 21.5 Å². The van der Waals surface area contributed by atoms with E-state index >= 15 is 0 Å². The minimum absolute atomic E-state index is 0.758. The summed E-state index contributed by atoms with van der Waals surface area (Å²) in [6.07, 6.45) is 3.86. The number of benzene rings is 1. The van der Waals surface area contributed by atoms with Crippen LogP contribution in [0.5, 0.6) is 0 Å². The molecule has 0 radical (unpaired) electrons. The number of nitrogens with one attached hydrogen (secondary N) is 1. The number of nitrogens with zero attached hydrogens (tertiary/aromatic N) is 3. The second-order valence-corrected chi connectivity index (χ2v) is 4.89. The fourth-order valence-electron chi connectivity index (χ4n) is 1.69. The van der Waals surface area contributed by atoms with Crippen molar-refractivity contribution in [1.82, 2.24) is 14.8 Å². The summed E-state index contributed by atoms with van der Waals surface area (Å²) >= 11 is 1.67. The van der Waals surface area contributed by atoms with E-state index in [0.29, 0.717) is 0 Å². The lowest BCUT2D eigenvalue weighted by atomic mass is 10.3. The van der Waals surface area contributed by atoms with Gasteiger partial charge in [-0.05, 0) is 12.1 Å². The molecule has 0 fully saturated rings. The summed E-state index contributed by atoms with van der Waals surface area (Å²) in [6.45, 7) is 0.758. The maximum atomic E-state index is 4.51. The number of hydrogen-bond acceptors (Lipinski definition) is 4. The number of anilines is 1. The molecule has 1 aromatic carbocycles. The molecule has 0 spiro atoms. The van der Waals surface area contributed by atoms with Crippen LogP contribution in [0.2, 0.25) is 0 Å². The van der Waals surface area contributed by atoms with Crippen molar-refractivity contribution < 1.29 is 0 Å². The van der Waals surface area contributed by atoms with E-state index in [1.165, 1.54) is 4.70 Å². The molecule has 5 heteroatoms. The molecular weight excluding hydrogens is 232 g/mol. The van der Waals surface area contributed by atoms with Crippen molar-refractivity contribution in [2.75, 3.05) is 5.32 Å². The van der Waals surface area contributed by atoms with Crippen LogP contribution in [0, 0.1) is 0 Å². The lowest BCUT2D eigenvalue weighted by molar-refractivity contribution is 0.767. The van der Waals surface area contributed by atoms with Crippen LogP contribution < -0.4 is 5.32 Å². The summed E-state index contributed by atoms with van der Waals surface area (Å²) in [6, 6.07) is 8.15. The van der Waals surface area contributed by atoms with E-state index in [9.17, 15) is 0 Å². The van der Waals surface area contributed by atoms with Crippen LogP contribution in [0.1, 0.15) is 5.56 Å².